The SMILES string of the molecule is COc1ccc2nc(C3CCC3)nn2c1. The normalized spacial score (nSPS) is 16.6. The molecule has 4 nitrogen and oxygen atoms in total. The average Bonchev–Trinajstić information content (AvgIpc) is 2.56. The van der Waals surface area contributed by atoms with Crippen LogP contribution in [0.4, 0.5) is 0 Å². The third-order valence-electron chi connectivity index (χ3n) is 3.03. The lowest BCUT2D eigenvalue weighted by Crippen LogP contribution is -2.10. The lowest BCUT2D eigenvalue weighted by atomic mass is 9.85. The fraction of sp³-hybridized carbons (Fsp3) is 0.455. The molecule has 1 aliphatic rings. The minimum Gasteiger partial charge on any atom is -0.495 e. The number of ether oxygens (including phenoxy) is 1. The molecule has 0 atom stereocenters. The molecule has 1 aliphatic carbocycles. The van der Waals surface area contributed by atoms with Crippen LogP contribution in [-0.4, -0.2) is 21.7 Å². The summed E-state index contributed by atoms with van der Waals surface area (Å²) in [6.07, 6.45) is 5.63. The van der Waals surface area contributed by atoms with Crippen LogP contribution in [0.2, 0.25) is 0 Å². The molecule has 2 aromatic heterocycles. The van der Waals surface area contributed by atoms with E-state index in [1.54, 1.807) is 11.6 Å². The average molecular weight is 203 g/mol. The van der Waals surface area contributed by atoms with E-state index in [-0.39, 0.29) is 0 Å². The topological polar surface area (TPSA) is 39.4 Å². The lowest BCUT2D eigenvalue weighted by Gasteiger charge is -2.21. The van der Waals surface area contributed by atoms with Crippen LogP contribution in [0.1, 0.15) is 31.0 Å². The second-order valence-electron chi connectivity index (χ2n) is 3.97. The van der Waals surface area contributed by atoms with Crippen molar-refractivity contribution in [3.05, 3.63) is 24.2 Å². The van der Waals surface area contributed by atoms with Crippen LogP contribution in [0.25, 0.3) is 5.65 Å². The quantitative estimate of drug-likeness (QED) is 0.749. The fourth-order valence-corrected chi connectivity index (χ4v) is 1.84. The summed E-state index contributed by atoms with van der Waals surface area (Å²) < 4.78 is 6.94. The molecule has 78 valence electrons. The predicted molar refractivity (Wildman–Crippen MR) is 56.1 cm³/mol. The van der Waals surface area contributed by atoms with Crippen molar-refractivity contribution in [2.45, 2.75) is 25.2 Å². The second kappa shape index (κ2) is 3.22. The molecule has 0 aromatic carbocycles. The van der Waals surface area contributed by atoms with Crippen molar-refractivity contribution in [1.29, 1.82) is 0 Å². The van der Waals surface area contributed by atoms with Crippen molar-refractivity contribution in [3.63, 3.8) is 0 Å². The summed E-state index contributed by atoms with van der Waals surface area (Å²) in [5.41, 5.74) is 0.901. The van der Waals surface area contributed by atoms with E-state index in [1.807, 2.05) is 18.3 Å². The molecule has 1 fully saturated rings. The largest absolute Gasteiger partial charge is 0.495 e. The van der Waals surface area contributed by atoms with E-state index in [1.165, 1.54) is 19.3 Å². The first-order valence-electron chi connectivity index (χ1n) is 5.27. The maximum absolute atomic E-state index is 5.14. The molecule has 0 N–H and O–H groups in total. The van der Waals surface area contributed by atoms with Gasteiger partial charge in [0.2, 0.25) is 0 Å². The van der Waals surface area contributed by atoms with Crippen LogP contribution in [-0.2, 0) is 0 Å². The highest BCUT2D eigenvalue weighted by Gasteiger charge is 2.23. The molecule has 0 amide bonds. The van der Waals surface area contributed by atoms with Gasteiger partial charge in [0, 0.05) is 5.92 Å². The van der Waals surface area contributed by atoms with Crippen molar-refractivity contribution in [1.82, 2.24) is 14.6 Å². The van der Waals surface area contributed by atoms with E-state index in [0.717, 1.165) is 17.2 Å². The van der Waals surface area contributed by atoms with E-state index in [4.69, 9.17) is 4.74 Å². The van der Waals surface area contributed by atoms with Crippen LogP contribution in [0.3, 0.4) is 0 Å². The van der Waals surface area contributed by atoms with Crippen molar-refractivity contribution in [2.24, 2.45) is 0 Å². The van der Waals surface area contributed by atoms with Crippen LogP contribution >= 0.6 is 0 Å². The Balaban J connectivity index is 2.04. The van der Waals surface area contributed by atoms with Gasteiger partial charge in [0.15, 0.2) is 11.5 Å². The molecule has 2 heterocycles. The van der Waals surface area contributed by atoms with Crippen LogP contribution < -0.4 is 4.74 Å². The van der Waals surface area contributed by atoms with Gasteiger partial charge in [-0.1, -0.05) is 6.42 Å². The Morgan fingerprint density at radius 1 is 1.40 bits per heavy atom. The monoisotopic (exact) mass is 203 g/mol. The van der Waals surface area contributed by atoms with Gasteiger partial charge < -0.3 is 4.74 Å². The highest BCUT2D eigenvalue weighted by Crippen LogP contribution is 2.34. The van der Waals surface area contributed by atoms with Crippen LogP contribution in [0.5, 0.6) is 5.75 Å². The molecule has 0 bridgehead atoms. The maximum Gasteiger partial charge on any atom is 0.155 e. The number of hydrogen-bond acceptors (Lipinski definition) is 3. The molecule has 1 saturated carbocycles. The zero-order valence-electron chi connectivity index (χ0n) is 8.68. The van der Waals surface area contributed by atoms with Gasteiger partial charge in [-0.3, -0.25) is 0 Å². The third kappa shape index (κ3) is 1.37. The molecule has 0 aliphatic heterocycles. The molecule has 3 rings (SSSR count). The molecule has 0 unspecified atom stereocenters. The Bertz CT molecular complexity index is 488. The summed E-state index contributed by atoms with van der Waals surface area (Å²) in [6.45, 7) is 0. The van der Waals surface area contributed by atoms with E-state index in [0.29, 0.717) is 5.92 Å². The zero-order valence-corrected chi connectivity index (χ0v) is 8.68. The van der Waals surface area contributed by atoms with E-state index < -0.39 is 0 Å². The Morgan fingerprint density at radius 3 is 2.93 bits per heavy atom. The lowest BCUT2D eigenvalue weighted by molar-refractivity contribution is 0.400. The Morgan fingerprint density at radius 2 is 2.27 bits per heavy atom. The Labute approximate surface area is 87.9 Å². The van der Waals surface area contributed by atoms with Crippen LogP contribution in [0.15, 0.2) is 18.3 Å². The number of hydrogen-bond donors (Lipinski definition) is 0. The number of aromatic nitrogens is 3. The van der Waals surface area contributed by atoms with Gasteiger partial charge in [-0.2, -0.15) is 5.10 Å². The summed E-state index contributed by atoms with van der Waals surface area (Å²) in [5.74, 6) is 2.37. The molecule has 0 saturated heterocycles. The summed E-state index contributed by atoms with van der Waals surface area (Å²) in [5, 5.41) is 4.47. The summed E-state index contributed by atoms with van der Waals surface area (Å²) in [7, 11) is 1.66. The van der Waals surface area contributed by atoms with Crippen LogP contribution in [0, 0.1) is 0 Å². The summed E-state index contributed by atoms with van der Waals surface area (Å²) in [4.78, 5) is 4.51. The molecule has 0 radical (unpaired) electrons. The Hall–Kier alpha value is -1.58. The zero-order chi connectivity index (χ0) is 10.3. The van der Waals surface area contributed by atoms with Gasteiger partial charge in [-0.25, -0.2) is 9.50 Å². The van der Waals surface area contributed by atoms with E-state index >= 15 is 0 Å². The highest BCUT2D eigenvalue weighted by atomic mass is 16.5. The third-order valence-corrected chi connectivity index (χ3v) is 3.03. The first kappa shape index (κ1) is 8.71. The maximum atomic E-state index is 5.14. The highest BCUT2D eigenvalue weighted by molar-refractivity contribution is 5.41. The molecular formula is C11H13N3O. The molecule has 0 spiro atoms. The molecule has 4 heteroatoms. The number of rotatable bonds is 2. The van der Waals surface area contributed by atoms with Crippen molar-refractivity contribution < 1.29 is 4.74 Å². The first-order valence-corrected chi connectivity index (χ1v) is 5.27. The van der Waals surface area contributed by atoms with Gasteiger partial charge >= 0.3 is 0 Å². The number of methoxy groups -OCH3 is 1. The number of fused-ring (bicyclic) bond motifs is 1. The molecule has 15 heavy (non-hydrogen) atoms. The van der Waals surface area contributed by atoms with E-state index in [9.17, 15) is 0 Å². The van der Waals surface area contributed by atoms with Crippen molar-refractivity contribution in [3.8, 4) is 5.75 Å². The summed E-state index contributed by atoms with van der Waals surface area (Å²) >= 11 is 0. The second-order valence-corrected chi connectivity index (χ2v) is 3.97. The smallest absolute Gasteiger partial charge is 0.155 e. The standard InChI is InChI=1S/C11H13N3O/c1-15-9-5-6-10-12-11(8-3-2-4-8)13-14(10)7-9/h5-8H,2-4H2,1H3. The minimum atomic E-state index is 0.580. The number of nitrogens with zero attached hydrogens (tertiary/aromatic N) is 3. The first-order chi connectivity index (χ1) is 7.36. The van der Waals surface area contributed by atoms with Gasteiger partial charge in [0.25, 0.3) is 0 Å². The Kier molecular flexibility index (Phi) is 1.87. The van der Waals surface area contributed by atoms with Crippen molar-refractivity contribution in [2.75, 3.05) is 7.11 Å². The number of pyridine rings is 1. The predicted octanol–water partition coefficient (Wildman–Crippen LogP) is 2.01. The van der Waals surface area contributed by atoms with E-state index in [2.05, 4.69) is 10.1 Å². The van der Waals surface area contributed by atoms with Gasteiger partial charge in [0.1, 0.15) is 5.75 Å². The molecular weight excluding hydrogens is 190 g/mol. The molecule has 2 aromatic rings. The minimum absolute atomic E-state index is 0.580. The fourth-order valence-electron chi connectivity index (χ4n) is 1.84. The van der Waals surface area contributed by atoms with Gasteiger partial charge in [-0.05, 0) is 25.0 Å². The summed E-state index contributed by atoms with van der Waals surface area (Å²) in [6, 6.07) is 3.85. The van der Waals surface area contributed by atoms with Gasteiger partial charge in [-0.15, -0.1) is 0 Å². The van der Waals surface area contributed by atoms with Crippen molar-refractivity contribution >= 4 is 5.65 Å². The van der Waals surface area contributed by atoms with Gasteiger partial charge in [0.05, 0.1) is 13.3 Å².